The lowest BCUT2D eigenvalue weighted by Gasteiger charge is -2.08. The predicted molar refractivity (Wildman–Crippen MR) is 51.0 cm³/mol. The van der Waals surface area contributed by atoms with Crippen LogP contribution < -0.4 is 11.3 Å². The summed E-state index contributed by atoms with van der Waals surface area (Å²) >= 11 is 1.38. The highest BCUT2D eigenvalue weighted by Crippen LogP contribution is 2.29. The largest absolute Gasteiger partial charge is 0.323 e. The highest BCUT2D eigenvalue weighted by atomic mass is 32.2. The maximum absolute atomic E-state index is 12.3. The van der Waals surface area contributed by atoms with Crippen LogP contribution >= 0.6 is 11.8 Å². The summed E-state index contributed by atoms with van der Waals surface area (Å²) in [6.07, 6.45) is -0.622. The number of benzene rings is 1. The zero-order valence-corrected chi connectivity index (χ0v) is 7.87. The van der Waals surface area contributed by atoms with Crippen LogP contribution in [-0.2, 0) is 0 Å². The van der Waals surface area contributed by atoms with E-state index in [-0.39, 0.29) is 5.56 Å². The molecule has 2 nitrogen and oxygen atoms in total. The van der Waals surface area contributed by atoms with E-state index in [2.05, 4.69) is 5.43 Å². The van der Waals surface area contributed by atoms with Crippen molar-refractivity contribution in [3.63, 3.8) is 0 Å². The number of thioether (sulfide) groups is 1. The summed E-state index contributed by atoms with van der Waals surface area (Å²) in [5.74, 6) is 5.20. The Labute approximate surface area is 79.5 Å². The molecular formula is C8H10F2N2S. The van der Waals surface area contributed by atoms with Crippen LogP contribution in [0.2, 0.25) is 0 Å². The van der Waals surface area contributed by atoms with Crippen LogP contribution in [0.25, 0.3) is 0 Å². The molecular weight excluding hydrogens is 194 g/mol. The highest BCUT2D eigenvalue weighted by molar-refractivity contribution is 7.98. The molecule has 0 unspecified atom stereocenters. The van der Waals surface area contributed by atoms with Crippen molar-refractivity contribution < 1.29 is 8.78 Å². The molecule has 0 spiro atoms. The van der Waals surface area contributed by atoms with E-state index in [1.807, 2.05) is 6.26 Å². The van der Waals surface area contributed by atoms with E-state index in [0.717, 1.165) is 4.90 Å². The average Bonchev–Trinajstić information content (AvgIpc) is 2.16. The molecule has 0 amide bonds. The van der Waals surface area contributed by atoms with Gasteiger partial charge in [0.1, 0.15) is 0 Å². The number of nitrogens with two attached hydrogens (primary N) is 1. The molecule has 0 saturated heterocycles. The maximum Gasteiger partial charge on any atom is 0.263 e. The molecule has 0 radical (unpaired) electrons. The molecule has 0 bridgehead atoms. The number of anilines is 1. The van der Waals surface area contributed by atoms with E-state index in [0.29, 0.717) is 5.69 Å². The zero-order chi connectivity index (χ0) is 9.84. The van der Waals surface area contributed by atoms with Crippen LogP contribution in [0.3, 0.4) is 0 Å². The highest BCUT2D eigenvalue weighted by Gasteiger charge is 2.09. The lowest BCUT2D eigenvalue weighted by atomic mass is 10.2. The minimum absolute atomic E-state index is 0.0170. The Morgan fingerprint density at radius 1 is 1.46 bits per heavy atom. The summed E-state index contributed by atoms with van der Waals surface area (Å²) < 4.78 is 24.5. The minimum Gasteiger partial charge on any atom is -0.323 e. The number of alkyl halides is 2. The summed E-state index contributed by atoms with van der Waals surface area (Å²) in [6, 6.07) is 4.34. The van der Waals surface area contributed by atoms with E-state index in [1.54, 1.807) is 6.07 Å². The van der Waals surface area contributed by atoms with Crippen LogP contribution in [-0.4, -0.2) is 6.26 Å². The topological polar surface area (TPSA) is 38.0 Å². The number of nitrogen functional groups attached to an aromatic ring is 1. The Kier molecular flexibility index (Phi) is 3.50. The summed E-state index contributed by atoms with van der Waals surface area (Å²) in [7, 11) is 0. The molecule has 72 valence electrons. The van der Waals surface area contributed by atoms with Crippen LogP contribution in [0.4, 0.5) is 14.5 Å². The molecule has 0 atom stereocenters. The summed E-state index contributed by atoms with van der Waals surface area (Å²) in [6.45, 7) is 0. The van der Waals surface area contributed by atoms with Crippen LogP contribution in [0.15, 0.2) is 23.1 Å². The van der Waals surface area contributed by atoms with E-state index in [1.165, 1.54) is 23.9 Å². The number of hydrazine groups is 1. The number of hydrogen-bond acceptors (Lipinski definition) is 3. The predicted octanol–water partition coefficient (Wildman–Crippen LogP) is 2.63. The van der Waals surface area contributed by atoms with Crippen molar-refractivity contribution in [3.8, 4) is 0 Å². The summed E-state index contributed by atoms with van der Waals surface area (Å²) in [5, 5.41) is 0. The smallest absolute Gasteiger partial charge is 0.263 e. The van der Waals surface area contributed by atoms with Crippen molar-refractivity contribution in [2.75, 3.05) is 11.7 Å². The molecule has 0 fully saturated rings. The Morgan fingerprint density at radius 3 is 2.62 bits per heavy atom. The van der Waals surface area contributed by atoms with Gasteiger partial charge in [0.05, 0.1) is 5.69 Å². The van der Waals surface area contributed by atoms with Gasteiger partial charge in [0.15, 0.2) is 0 Å². The van der Waals surface area contributed by atoms with Crippen molar-refractivity contribution in [1.29, 1.82) is 0 Å². The quantitative estimate of drug-likeness (QED) is 0.451. The van der Waals surface area contributed by atoms with Gasteiger partial charge in [-0.05, 0) is 18.4 Å². The van der Waals surface area contributed by atoms with Crippen molar-refractivity contribution in [3.05, 3.63) is 23.8 Å². The van der Waals surface area contributed by atoms with Gasteiger partial charge >= 0.3 is 0 Å². The number of hydrogen-bond donors (Lipinski definition) is 2. The molecule has 1 rings (SSSR count). The van der Waals surface area contributed by atoms with E-state index >= 15 is 0 Å². The van der Waals surface area contributed by atoms with Crippen LogP contribution in [0.1, 0.15) is 12.0 Å². The molecule has 3 N–H and O–H groups in total. The van der Waals surface area contributed by atoms with Gasteiger partial charge in [0.2, 0.25) is 0 Å². The lowest BCUT2D eigenvalue weighted by Crippen LogP contribution is -2.07. The lowest BCUT2D eigenvalue weighted by molar-refractivity contribution is 0.151. The third kappa shape index (κ3) is 2.32. The molecule has 0 aliphatic rings. The number of rotatable bonds is 3. The standard InChI is InChI=1S/C8H10F2N2S/c1-13-7-4-5(8(9)10)2-3-6(7)12-11/h2-4,8,12H,11H2,1H3. The first-order chi connectivity index (χ1) is 6.19. The Bertz CT molecular complexity index is 291. The van der Waals surface area contributed by atoms with E-state index in [9.17, 15) is 8.78 Å². The van der Waals surface area contributed by atoms with E-state index in [4.69, 9.17) is 5.84 Å². The first-order valence-corrected chi connectivity index (χ1v) is 4.84. The van der Waals surface area contributed by atoms with Gasteiger partial charge < -0.3 is 5.43 Å². The van der Waals surface area contributed by atoms with Gasteiger partial charge in [-0.2, -0.15) is 0 Å². The number of nitrogens with one attached hydrogen (secondary N) is 1. The molecule has 1 aromatic rings. The Hall–Kier alpha value is -0.810. The summed E-state index contributed by atoms with van der Waals surface area (Å²) in [5.41, 5.74) is 3.13. The second kappa shape index (κ2) is 4.43. The third-order valence-electron chi connectivity index (χ3n) is 1.63. The second-order valence-electron chi connectivity index (χ2n) is 2.40. The molecule has 0 heterocycles. The fourth-order valence-corrected chi connectivity index (χ4v) is 1.56. The molecule has 0 aliphatic carbocycles. The average molecular weight is 204 g/mol. The van der Waals surface area contributed by atoms with Crippen molar-refractivity contribution in [1.82, 2.24) is 0 Å². The molecule has 13 heavy (non-hydrogen) atoms. The zero-order valence-electron chi connectivity index (χ0n) is 7.05. The normalized spacial score (nSPS) is 10.5. The third-order valence-corrected chi connectivity index (χ3v) is 2.41. The molecule has 0 aliphatic heterocycles. The Morgan fingerprint density at radius 2 is 2.15 bits per heavy atom. The first kappa shape index (κ1) is 10.3. The van der Waals surface area contributed by atoms with Crippen molar-refractivity contribution >= 4 is 17.4 Å². The molecule has 0 aromatic heterocycles. The van der Waals surface area contributed by atoms with Crippen LogP contribution in [0, 0.1) is 0 Å². The van der Waals surface area contributed by atoms with Gasteiger partial charge in [0.25, 0.3) is 6.43 Å². The molecule has 5 heteroatoms. The Balaban J connectivity index is 3.05. The maximum atomic E-state index is 12.3. The first-order valence-electron chi connectivity index (χ1n) is 3.61. The van der Waals surface area contributed by atoms with Crippen molar-refractivity contribution in [2.24, 2.45) is 5.84 Å². The fourth-order valence-electron chi connectivity index (χ4n) is 0.963. The second-order valence-corrected chi connectivity index (χ2v) is 3.25. The minimum atomic E-state index is -2.43. The monoisotopic (exact) mass is 204 g/mol. The van der Waals surface area contributed by atoms with Gasteiger partial charge in [-0.3, -0.25) is 5.84 Å². The van der Waals surface area contributed by atoms with Gasteiger partial charge in [-0.25, -0.2) is 8.78 Å². The van der Waals surface area contributed by atoms with Gasteiger partial charge in [-0.15, -0.1) is 11.8 Å². The van der Waals surface area contributed by atoms with Gasteiger partial charge in [0, 0.05) is 10.5 Å². The molecule has 0 saturated carbocycles. The number of halogens is 2. The summed E-state index contributed by atoms with van der Waals surface area (Å²) in [4.78, 5) is 0.723. The SMILES string of the molecule is CSc1cc(C(F)F)ccc1NN. The van der Waals surface area contributed by atoms with Crippen molar-refractivity contribution in [2.45, 2.75) is 11.3 Å². The molecule has 1 aromatic carbocycles. The van der Waals surface area contributed by atoms with E-state index < -0.39 is 6.43 Å². The van der Waals surface area contributed by atoms with Crippen LogP contribution in [0.5, 0.6) is 0 Å². The fraction of sp³-hybridized carbons (Fsp3) is 0.250. The van der Waals surface area contributed by atoms with Gasteiger partial charge in [-0.1, -0.05) is 6.07 Å².